The number of aliphatic hydroxyl groups is 2. The molecule has 0 aromatic carbocycles. The predicted molar refractivity (Wildman–Crippen MR) is 93.6 cm³/mol. The van der Waals surface area contributed by atoms with Crippen LogP contribution in [-0.2, 0) is 0 Å². The van der Waals surface area contributed by atoms with Crippen molar-refractivity contribution in [1.29, 1.82) is 0 Å². The summed E-state index contributed by atoms with van der Waals surface area (Å²) in [5.41, 5.74) is -4.76. The number of hydrogen-bond acceptors (Lipinski definition) is 4. The topological polar surface area (TPSA) is 40.5 Å². The van der Waals surface area contributed by atoms with Crippen LogP contribution in [0.15, 0.2) is 56.8 Å². The molecule has 0 aromatic heterocycles. The van der Waals surface area contributed by atoms with Crippen molar-refractivity contribution in [2.75, 3.05) is 0 Å². The van der Waals surface area contributed by atoms with Crippen molar-refractivity contribution in [3.8, 4) is 0 Å². The molecular weight excluding hydrogens is 414 g/mol. The summed E-state index contributed by atoms with van der Waals surface area (Å²) in [6.45, 7) is 9.47. The number of thioether (sulfide) groups is 2. The molecule has 0 fully saturated rings. The average Bonchev–Trinajstić information content (AvgIpc) is 2.95. The van der Waals surface area contributed by atoms with E-state index in [1.807, 2.05) is 0 Å². The van der Waals surface area contributed by atoms with Crippen molar-refractivity contribution in [3.05, 3.63) is 56.8 Å². The predicted octanol–water partition coefficient (Wildman–Crippen LogP) is 6.12. The lowest BCUT2D eigenvalue weighted by Crippen LogP contribution is -2.49. The van der Waals surface area contributed by atoms with Gasteiger partial charge in [-0.1, -0.05) is 13.2 Å². The number of rotatable bonds is 2. The summed E-state index contributed by atoms with van der Waals surface area (Å²) >= 11 is 1.59. The third-order valence-corrected chi connectivity index (χ3v) is 6.83. The van der Waals surface area contributed by atoms with E-state index in [0.29, 0.717) is 0 Å². The largest absolute Gasteiger partial charge is 0.506 e. The molecular formula is C17H14F6O2S2. The Morgan fingerprint density at radius 2 is 1.04 bits per heavy atom. The lowest BCUT2D eigenvalue weighted by atomic mass is 9.90. The van der Waals surface area contributed by atoms with Crippen molar-refractivity contribution in [2.45, 2.75) is 42.1 Å². The number of hydrogen-bond donors (Lipinski definition) is 2. The zero-order valence-electron chi connectivity index (χ0n) is 14.0. The second-order valence-electron chi connectivity index (χ2n) is 6.36. The molecule has 2 aliphatic heterocycles. The van der Waals surface area contributed by atoms with Gasteiger partial charge in [0.05, 0.1) is 0 Å². The van der Waals surface area contributed by atoms with Gasteiger partial charge in [-0.15, -0.1) is 23.5 Å². The summed E-state index contributed by atoms with van der Waals surface area (Å²) in [5, 5.41) is 18.2. The standard InChI is InChI=1S/C17H14F6O2S2/c1-5-9(13(24)7(3)26-5)11-12(10-6(2)27-8(4)14(10)25)16(20,21)17(22,23)15(11,18)19/h5-6,24-25H,3-4H2,1-2H3. The number of halogens is 6. The molecule has 0 bridgehead atoms. The quantitative estimate of drug-likeness (QED) is 0.520. The van der Waals surface area contributed by atoms with Crippen molar-refractivity contribution in [2.24, 2.45) is 0 Å². The molecule has 2 atom stereocenters. The average molecular weight is 428 g/mol. The van der Waals surface area contributed by atoms with E-state index in [2.05, 4.69) is 13.2 Å². The highest BCUT2D eigenvalue weighted by Crippen LogP contribution is 2.66. The van der Waals surface area contributed by atoms with Gasteiger partial charge >= 0.3 is 17.8 Å². The smallest absolute Gasteiger partial charge is 0.380 e. The van der Waals surface area contributed by atoms with Gasteiger partial charge in [0.15, 0.2) is 0 Å². The highest BCUT2D eigenvalue weighted by Gasteiger charge is 2.81. The summed E-state index contributed by atoms with van der Waals surface area (Å²) in [5.74, 6) is -17.9. The maximum Gasteiger partial charge on any atom is 0.380 e. The second kappa shape index (κ2) is 5.79. The molecule has 0 aromatic rings. The summed E-state index contributed by atoms with van der Waals surface area (Å²) in [7, 11) is 0. The number of aliphatic hydroxyl groups excluding tert-OH is 2. The lowest BCUT2D eigenvalue weighted by molar-refractivity contribution is -0.264. The SMILES string of the molecule is C=C1SC(C)C(C2=C(C3=C(O)C(=C)SC3C)C(F)(F)C(F)(F)C2(F)F)=C1O. The maximum atomic E-state index is 14.7. The van der Waals surface area contributed by atoms with Gasteiger partial charge in [-0.25, -0.2) is 0 Å². The molecule has 0 amide bonds. The Balaban J connectivity index is 2.46. The van der Waals surface area contributed by atoms with Crippen LogP contribution in [0.3, 0.4) is 0 Å². The van der Waals surface area contributed by atoms with E-state index in [1.54, 1.807) is 0 Å². The van der Waals surface area contributed by atoms with Crippen LogP contribution < -0.4 is 0 Å². The van der Waals surface area contributed by atoms with Crippen LogP contribution in [0.25, 0.3) is 0 Å². The van der Waals surface area contributed by atoms with E-state index in [0.717, 1.165) is 23.5 Å². The Labute approximate surface area is 159 Å². The number of alkyl halides is 6. The molecule has 0 saturated carbocycles. The zero-order valence-corrected chi connectivity index (χ0v) is 15.7. The van der Waals surface area contributed by atoms with Crippen LogP contribution in [0.4, 0.5) is 26.3 Å². The first-order chi connectivity index (χ1) is 12.2. The molecule has 3 rings (SSSR count). The molecule has 2 N–H and O–H groups in total. The van der Waals surface area contributed by atoms with Gasteiger partial charge in [-0.3, -0.25) is 0 Å². The maximum absolute atomic E-state index is 14.7. The monoisotopic (exact) mass is 428 g/mol. The van der Waals surface area contributed by atoms with Gasteiger partial charge in [-0.2, -0.15) is 26.3 Å². The molecule has 10 heteroatoms. The molecule has 0 spiro atoms. The van der Waals surface area contributed by atoms with E-state index >= 15 is 0 Å². The molecule has 0 radical (unpaired) electrons. The van der Waals surface area contributed by atoms with Crippen LogP contribution >= 0.6 is 23.5 Å². The van der Waals surface area contributed by atoms with Gasteiger partial charge in [0.2, 0.25) is 0 Å². The van der Waals surface area contributed by atoms with Crippen LogP contribution in [0.1, 0.15) is 13.8 Å². The third-order valence-electron chi connectivity index (χ3n) is 4.69. The van der Waals surface area contributed by atoms with Crippen LogP contribution in [0.2, 0.25) is 0 Å². The van der Waals surface area contributed by atoms with Gasteiger partial charge in [0, 0.05) is 42.6 Å². The summed E-state index contributed by atoms with van der Waals surface area (Å²) in [6, 6.07) is 0. The summed E-state index contributed by atoms with van der Waals surface area (Å²) in [4.78, 5) is -0.176. The fourth-order valence-corrected chi connectivity index (χ4v) is 5.41. The van der Waals surface area contributed by atoms with Crippen molar-refractivity contribution in [3.63, 3.8) is 0 Å². The van der Waals surface area contributed by atoms with Crippen molar-refractivity contribution < 1.29 is 36.6 Å². The molecule has 0 saturated heterocycles. The minimum absolute atomic E-state index is 0.0878. The highest BCUT2D eigenvalue weighted by atomic mass is 32.2. The number of allylic oxidation sites excluding steroid dienone is 2. The van der Waals surface area contributed by atoms with Gasteiger partial charge in [0.1, 0.15) is 11.5 Å². The van der Waals surface area contributed by atoms with Crippen LogP contribution in [-0.4, -0.2) is 38.5 Å². The molecule has 1 aliphatic carbocycles. The molecule has 2 nitrogen and oxygen atoms in total. The zero-order chi connectivity index (χ0) is 20.7. The fraction of sp³-hybridized carbons (Fsp3) is 0.412. The minimum Gasteiger partial charge on any atom is -0.506 e. The second-order valence-corrected chi connectivity index (χ2v) is 9.24. The molecule has 2 unspecified atom stereocenters. The van der Waals surface area contributed by atoms with Crippen molar-refractivity contribution >= 4 is 23.5 Å². The first-order valence-corrected chi connectivity index (χ1v) is 9.41. The first kappa shape index (κ1) is 20.3. The molecule has 2 heterocycles. The fourth-order valence-electron chi connectivity index (χ4n) is 3.42. The van der Waals surface area contributed by atoms with E-state index < -0.39 is 62.1 Å². The van der Waals surface area contributed by atoms with Gasteiger partial charge in [-0.05, 0) is 13.8 Å². The van der Waals surface area contributed by atoms with E-state index in [4.69, 9.17) is 0 Å². The summed E-state index contributed by atoms with van der Waals surface area (Å²) in [6.07, 6.45) is 0. The minimum atomic E-state index is -5.74. The summed E-state index contributed by atoms with van der Waals surface area (Å²) < 4.78 is 87.0. The molecule has 3 aliphatic rings. The normalized spacial score (nSPS) is 32.3. The Morgan fingerprint density at radius 3 is 1.26 bits per heavy atom. The Bertz CT molecular complexity index is 801. The first-order valence-electron chi connectivity index (χ1n) is 7.65. The molecule has 148 valence electrons. The Morgan fingerprint density at radius 1 is 0.741 bits per heavy atom. The van der Waals surface area contributed by atoms with Crippen molar-refractivity contribution in [1.82, 2.24) is 0 Å². The van der Waals surface area contributed by atoms with E-state index in [1.165, 1.54) is 13.8 Å². The highest BCUT2D eigenvalue weighted by molar-refractivity contribution is 8.04. The van der Waals surface area contributed by atoms with Gasteiger partial charge in [0.25, 0.3) is 0 Å². The Kier molecular flexibility index (Phi) is 4.36. The van der Waals surface area contributed by atoms with Gasteiger partial charge < -0.3 is 10.2 Å². The van der Waals surface area contributed by atoms with Crippen LogP contribution in [0, 0.1) is 0 Å². The molecule has 27 heavy (non-hydrogen) atoms. The van der Waals surface area contributed by atoms with E-state index in [-0.39, 0.29) is 9.81 Å². The third kappa shape index (κ3) is 2.38. The van der Waals surface area contributed by atoms with E-state index in [9.17, 15) is 36.6 Å². The Hall–Kier alpha value is -1.42. The van der Waals surface area contributed by atoms with Crippen LogP contribution in [0.5, 0.6) is 0 Å². The lowest BCUT2D eigenvalue weighted by Gasteiger charge is -2.26.